The summed E-state index contributed by atoms with van der Waals surface area (Å²) in [4.78, 5) is 12.5. The van der Waals surface area contributed by atoms with Gasteiger partial charge in [0.25, 0.3) is 5.91 Å². The quantitative estimate of drug-likeness (QED) is 0.272. The third-order valence-corrected chi connectivity index (χ3v) is 5.78. The van der Waals surface area contributed by atoms with Crippen LogP contribution in [0.1, 0.15) is 32.6 Å². The molecule has 2 aromatic carbocycles. The number of carbonyl (C=O) groups is 1. The smallest absolute Gasteiger partial charge is 0.255 e. The zero-order valence-electron chi connectivity index (χ0n) is 19.6. The van der Waals surface area contributed by atoms with E-state index in [4.69, 9.17) is 9.47 Å². The number of hydrogen-bond acceptors (Lipinski definition) is 4. The highest BCUT2D eigenvalue weighted by atomic mass is 16.5. The number of ether oxygens (including phenoxy) is 2. The molecule has 2 N–H and O–H groups in total. The second-order valence-electron chi connectivity index (χ2n) is 8.15. The van der Waals surface area contributed by atoms with E-state index in [0.717, 1.165) is 42.1 Å². The fraction of sp³-hybridized carbons (Fsp3) is 0.321. The molecule has 5 nitrogen and oxygen atoms in total. The van der Waals surface area contributed by atoms with E-state index < -0.39 is 0 Å². The van der Waals surface area contributed by atoms with Gasteiger partial charge in [-0.3, -0.25) is 4.79 Å². The summed E-state index contributed by atoms with van der Waals surface area (Å²) >= 11 is 0. The van der Waals surface area contributed by atoms with Gasteiger partial charge in [-0.15, -0.1) is 0 Å². The Morgan fingerprint density at radius 2 is 1.79 bits per heavy atom. The second kappa shape index (κ2) is 12.7. The lowest BCUT2D eigenvalue weighted by Crippen LogP contribution is -2.35. The van der Waals surface area contributed by atoms with Crippen molar-refractivity contribution in [2.24, 2.45) is 0 Å². The maximum absolute atomic E-state index is 12.5. The molecule has 5 heteroatoms. The van der Waals surface area contributed by atoms with E-state index in [1.807, 2.05) is 43.3 Å². The maximum atomic E-state index is 12.5. The van der Waals surface area contributed by atoms with E-state index in [0.29, 0.717) is 17.4 Å². The highest BCUT2D eigenvalue weighted by Gasteiger charge is 2.12. The zero-order valence-corrected chi connectivity index (χ0v) is 19.6. The van der Waals surface area contributed by atoms with Crippen molar-refractivity contribution in [1.82, 2.24) is 5.32 Å². The molecule has 0 radical (unpaired) electrons. The van der Waals surface area contributed by atoms with Crippen molar-refractivity contribution in [3.8, 4) is 16.9 Å². The summed E-state index contributed by atoms with van der Waals surface area (Å²) in [5.74, 6) is 1.38. The number of benzene rings is 2. The van der Waals surface area contributed by atoms with Crippen molar-refractivity contribution in [3.05, 3.63) is 84.7 Å². The van der Waals surface area contributed by atoms with Crippen molar-refractivity contribution >= 4 is 11.6 Å². The molecule has 1 unspecified atom stereocenters. The van der Waals surface area contributed by atoms with Gasteiger partial charge < -0.3 is 20.1 Å². The predicted molar refractivity (Wildman–Crippen MR) is 135 cm³/mol. The van der Waals surface area contributed by atoms with Gasteiger partial charge in [0.2, 0.25) is 0 Å². The molecular formula is C28H34N2O3. The van der Waals surface area contributed by atoms with Crippen LogP contribution in [0.2, 0.25) is 0 Å². The molecule has 1 heterocycles. The second-order valence-corrected chi connectivity index (χ2v) is 8.15. The zero-order chi connectivity index (χ0) is 23.5. The molecule has 0 aliphatic carbocycles. The standard InChI is InChI=1S/C28H34N2O3/c1-4-22(9-8-21(2)32-3)28(31)30-26-14-10-23(11-15-26)24-12-16-27(17-13-24)33-20-18-25-7-5-6-19-29-25/h4,8-17,25,29H,1,5-7,18-20H2,2-3H3,(H,30,31)/b21-8+,22-9+. The van der Waals surface area contributed by atoms with E-state index >= 15 is 0 Å². The number of rotatable bonds is 10. The molecule has 0 aromatic heterocycles. The molecule has 1 saturated heterocycles. The van der Waals surface area contributed by atoms with E-state index in [1.54, 1.807) is 19.3 Å². The van der Waals surface area contributed by atoms with Gasteiger partial charge in [-0.25, -0.2) is 0 Å². The summed E-state index contributed by atoms with van der Waals surface area (Å²) in [6.07, 6.45) is 9.83. The SMILES string of the molecule is C=C/C(=C\C=C(/C)OC)C(=O)Nc1ccc(-c2ccc(OCCC3CCCCN3)cc2)cc1. The van der Waals surface area contributed by atoms with E-state index in [2.05, 4.69) is 29.3 Å². The lowest BCUT2D eigenvalue weighted by atomic mass is 10.0. The minimum atomic E-state index is -0.220. The fourth-order valence-electron chi connectivity index (χ4n) is 3.69. The molecule has 1 fully saturated rings. The van der Waals surface area contributed by atoms with Crippen LogP contribution in [0.5, 0.6) is 5.75 Å². The molecule has 0 bridgehead atoms. The van der Waals surface area contributed by atoms with Crippen LogP contribution in [0.3, 0.4) is 0 Å². The minimum absolute atomic E-state index is 0.220. The summed E-state index contributed by atoms with van der Waals surface area (Å²) in [5.41, 5.74) is 3.36. The third kappa shape index (κ3) is 7.65. The summed E-state index contributed by atoms with van der Waals surface area (Å²) in [6, 6.07) is 16.5. The van der Waals surface area contributed by atoms with Gasteiger partial charge in [-0.05, 0) is 80.3 Å². The van der Waals surface area contributed by atoms with E-state index in [1.165, 1.54) is 25.3 Å². The van der Waals surface area contributed by atoms with Crippen LogP contribution in [0, 0.1) is 0 Å². The van der Waals surface area contributed by atoms with Crippen molar-refractivity contribution in [1.29, 1.82) is 0 Å². The van der Waals surface area contributed by atoms with Gasteiger partial charge in [0.15, 0.2) is 0 Å². The Bertz CT molecular complexity index is 969. The van der Waals surface area contributed by atoms with Crippen LogP contribution in [-0.2, 0) is 9.53 Å². The highest BCUT2D eigenvalue weighted by Crippen LogP contribution is 2.24. The van der Waals surface area contributed by atoms with Gasteiger partial charge in [-0.2, -0.15) is 0 Å². The molecule has 0 spiro atoms. The molecule has 0 saturated carbocycles. The molecule has 1 aliphatic heterocycles. The first kappa shape index (κ1) is 24.3. The first-order valence-electron chi connectivity index (χ1n) is 11.5. The molecule has 1 aliphatic rings. The monoisotopic (exact) mass is 446 g/mol. The largest absolute Gasteiger partial charge is 0.501 e. The number of carbonyl (C=O) groups excluding carboxylic acids is 1. The summed E-state index contributed by atoms with van der Waals surface area (Å²) in [5, 5.41) is 6.45. The normalized spacial score (nSPS) is 16.7. The molecule has 1 atom stereocenters. The maximum Gasteiger partial charge on any atom is 0.255 e. The molecule has 174 valence electrons. The number of anilines is 1. The van der Waals surface area contributed by atoms with Gasteiger partial charge in [-0.1, -0.05) is 43.3 Å². The highest BCUT2D eigenvalue weighted by molar-refractivity contribution is 6.05. The summed E-state index contributed by atoms with van der Waals surface area (Å²) in [7, 11) is 1.59. The number of hydrogen-bond donors (Lipinski definition) is 2. The molecule has 3 rings (SSSR count). The number of methoxy groups -OCH3 is 1. The van der Waals surface area contributed by atoms with Crippen molar-refractivity contribution in [2.75, 3.05) is 25.6 Å². The van der Waals surface area contributed by atoms with Crippen LogP contribution in [0.25, 0.3) is 11.1 Å². The van der Waals surface area contributed by atoms with Gasteiger partial charge >= 0.3 is 0 Å². The number of allylic oxidation sites excluding steroid dienone is 3. The Labute approximate surface area is 197 Å². The molecule has 1 amide bonds. The molecule has 2 aromatic rings. The molecular weight excluding hydrogens is 412 g/mol. The number of nitrogens with one attached hydrogen (secondary N) is 2. The Balaban J connectivity index is 1.53. The van der Waals surface area contributed by atoms with Crippen LogP contribution in [0.4, 0.5) is 5.69 Å². The lowest BCUT2D eigenvalue weighted by molar-refractivity contribution is -0.112. The van der Waals surface area contributed by atoms with E-state index in [-0.39, 0.29) is 5.91 Å². The van der Waals surface area contributed by atoms with Crippen LogP contribution in [0.15, 0.2) is 84.7 Å². The average molecular weight is 447 g/mol. The van der Waals surface area contributed by atoms with Gasteiger partial charge in [0.1, 0.15) is 5.75 Å². The van der Waals surface area contributed by atoms with Crippen LogP contribution in [-0.4, -0.2) is 32.2 Å². The third-order valence-electron chi connectivity index (χ3n) is 5.78. The predicted octanol–water partition coefficient (Wildman–Crippen LogP) is 5.87. The number of amides is 1. The van der Waals surface area contributed by atoms with Crippen LogP contribution < -0.4 is 15.4 Å². The first-order valence-corrected chi connectivity index (χ1v) is 11.5. The van der Waals surface area contributed by atoms with Crippen molar-refractivity contribution in [3.63, 3.8) is 0 Å². The van der Waals surface area contributed by atoms with E-state index in [9.17, 15) is 4.79 Å². The van der Waals surface area contributed by atoms with Gasteiger partial charge in [0.05, 0.1) is 19.5 Å². The van der Waals surface area contributed by atoms with Crippen LogP contribution >= 0.6 is 0 Å². The molecule has 33 heavy (non-hydrogen) atoms. The van der Waals surface area contributed by atoms with Gasteiger partial charge in [0, 0.05) is 17.3 Å². The first-order chi connectivity index (χ1) is 16.1. The Morgan fingerprint density at radius 1 is 1.09 bits per heavy atom. The van der Waals surface area contributed by atoms with Crippen molar-refractivity contribution in [2.45, 2.75) is 38.6 Å². The Kier molecular flexibility index (Phi) is 9.33. The Hall–Kier alpha value is -3.31. The Morgan fingerprint density at radius 3 is 2.39 bits per heavy atom. The fourth-order valence-corrected chi connectivity index (χ4v) is 3.69. The summed E-state index contributed by atoms with van der Waals surface area (Å²) in [6.45, 7) is 7.39. The van der Waals surface area contributed by atoms with Crippen molar-refractivity contribution < 1.29 is 14.3 Å². The summed E-state index contributed by atoms with van der Waals surface area (Å²) < 4.78 is 11.0. The topological polar surface area (TPSA) is 59.6 Å². The average Bonchev–Trinajstić information content (AvgIpc) is 2.86. The lowest BCUT2D eigenvalue weighted by Gasteiger charge is -2.23. The minimum Gasteiger partial charge on any atom is -0.501 e. The number of piperidine rings is 1.